The van der Waals surface area contributed by atoms with Crippen molar-refractivity contribution in [3.63, 3.8) is 0 Å². The lowest BCUT2D eigenvalue weighted by molar-refractivity contribution is -0.0458. The van der Waals surface area contributed by atoms with Crippen LogP contribution in [0.2, 0.25) is 5.02 Å². The molecule has 1 aliphatic heterocycles. The number of aryl methyl sites for hydroxylation is 1. The molecule has 0 unspecified atom stereocenters. The van der Waals surface area contributed by atoms with Crippen LogP contribution in [0.25, 0.3) is 11.0 Å². The number of nitrogens with one attached hydrogen (secondary N) is 1. The fourth-order valence-electron chi connectivity index (χ4n) is 5.90. The number of halogens is 1. The smallest absolute Gasteiger partial charge is 0.271 e. The molecule has 38 heavy (non-hydrogen) atoms. The van der Waals surface area contributed by atoms with Crippen LogP contribution in [-0.4, -0.2) is 52.2 Å². The molecule has 0 bridgehead atoms. The Morgan fingerprint density at radius 3 is 2.37 bits per heavy atom. The zero-order valence-electron chi connectivity index (χ0n) is 22.7. The van der Waals surface area contributed by atoms with Crippen molar-refractivity contribution in [3.8, 4) is 0 Å². The summed E-state index contributed by atoms with van der Waals surface area (Å²) >= 11 is 6.12. The summed E-state index contributed by atoms with van der Waals surface area (Å²) in [5, 5.41) is 3.65. The molecule has 0 amide bonds. The van der Waals surface area contributed by atoms with Gasteiger partial charge in [-0.15, -0.1) is 0 Å². The number of nitrogens with zero attached hydrogens (tertiary/aromatic N) is 4. The van der Waals surface area contributed by atoms with E-state index < -0.39 is 9.84 Å². The third kappa shape index (κ3) is 4.84. The van der Waals surface area contributed by atoms with Gasteiger partial charge in [0.2, 0.25) is 5.95 Å². The molecule has 3 aromatic rings. The van der Waals surface area contributed by atoms with Crippen LogP contribution in [0.3, 0.4) is 0 Å². The number of hydrogen-bond acceptors (Lipinski definition) is 7. The lowest BCUT2D eigenvalue weighted by atomic mass is 9.68. The normalized spacial score (nSPS) is 18.4. The Morgan fingerprint density at radius 2 is 1.76 bits per heavy atom. The largest absolute Gasteiger partial charge is 0.324 e. The Bertz CT molecular complexity index is 1530. The van der Waals surface area contributed by atoms with E-state index in [2.05, 4.69) is 34.0 Å². The third-order valence-electron chi connectivity index (χ3n) is 8.26. The fraction of sp³-hybridized carbons (Fsp3) is 0.536. The number of likely N-dealkylation sites (tertiary alicyclic amines) is 1. The Labute approximate surface area is 229 Å². The quantitative estimate of drug-likeness (QED) is 0.427. The van der Waals surface area contributed by atoms with Gasteiger partial charge in [-0.2, -0.15) is 4.98 Å². The highest BCUT2D eigenvalue weighted by atomic mass is 35.5. The van der Waals surface area contributed by atoms with Crippen molar-refractivity contribution in [1.29, 1.82) is 0 Å². The second-order valence-electron chi connectivity index (χ2n) is 11.6. The molecule has 1 saturated carbocycles. The molecule has 5 rings (SSSR count). The zero-order valence-corrected chi connectivity index (χ0v) is 24.2. The van der Waals surface area contributed by atoms with Crippen LogP contribution in [0.5, 0.6) is 0 Å². The minimum Gasteiger partial charge on any atom is -0.324 e. The van der Waals surface area contributed by atoms with Crippen LogP contribution >= 0.6 is 11.6 Å². The topological polar surface area (TPSA) is 97.2 Å². The molecule has 1 aliphatic carbocycles. The monoisotopic (exact) mass is 557 g/mol. The van der Waals surface area contributed by atoms with Gasteiger partial charge in [0.1, 0.15) is 10.7 Å². The average molecular weight is 558 g/mol. The van der Waals surface area contributed by atoms with Gasteiger partial charge in [-0.25, -0.2) is 13.4 Å². The summed E-state index contributed by atoms with van der Waals surface area (Å²) in [5.41, 5.74) is 1.99. The maximum atomic E-state index is 13.5. The van der Waals surface area contributed by atoms with E-state index in [4.69, 9.17) is 11.6 Å². The molecule has 1 saturated heterocycles. The molecule has 10 heteroatoms. The molecule has 1 aromatic carbocycles. The second-order valence-corrected chi connectivity index (χ2v) is 14.2. The van der Waals surface area contributed by atoms with Crippen molar-refractivity contribution in [1.82, 2.24) is 19.4 Å². The van der Waals surface area contributed by atoms with Crippen molar-refractivity contribution in [2.24, 2.45) is 5.41 Å². The summed E-state index contributed by atoms with van der Waals surface area (Å²) in [5.74, 6) is 0.320. The average Bonchev–Trinajstić information content (AvgIpc) is 2.84. The van der Waals surface area contributed by atoms with E-state index in [1.807, 2.05) is 20.8 Å². The van der Waals surface area contributed by atoms with Gasteiger partial charge >= 0.3 is 0 Å². The number of rotatable bonds is 6. The minimum atomic E-state index is -3.41. The van der Waals surface area contributed by atoms with Gasteiger partial charge in [-0.05, 0) is 95.5 Å². The molecule has 2 fully saturated rings. The van der Waals surface area contributed by atoms with Gasteiger partial charge < -0.3 is 5.32 Å². The molecule has 204 valence electrons. The Morgan fingerprint density at radius 1 is 1.08 bits per heavy atom. The van der Waals surface area contributed by atoms with Gasteiger partial charge in [0.05, 0.1) is 10.1 Å². The third-order valence-corrected chi connectivity index (χ3v) is 10.8. The van der Waals surface area contributed by atoms with E-state index in [-0.39, 0.29) is 21.9 Å². The molecule has 0 atom stereocenters. The Balaban J connectivity index is 1.33. The van der Waals surface area contributed by atoms with Crippen LogP contribution in [0.15, 0.2) is 40.2 Å². The Hall–Kier alpha value is -2.49. The first-order chi connectivity index (χ1) is 17.9. The van der Waals surface area contributed by atoms with Gasteiger partial charge in [0, 0.05) is 42.4 Å². The summed E-state index contributed by atoms with van der Waals surface area (Å²) in [4.78, 5) is 24.4. The van der Waals surface area contributed by atoms with E-state index >= 15 is 0 Å². The van der Waals surface area contributed by atoms with Crippen molar-refractivity contribution < 1.29 is 8.42 Å². The highest BCUT2D eigenvalue weighted by Crippen LogP contribution is 2.46. The van der Waals surface area contributed by atoms with Crippen molar-refractivity contribution in [2.45, 2.75) is 82.5 Å². The van der Waals surface area contributed by atoms with Crippen molar-refractivity contribution in [2.75, 3.05) is 18.4 Å². The van der Waals surface area contributed by atoms with Crippen molar-refractivity contribution >= 4 is 44.1 Å². The Kier molecular flexibility index (Phi) is 7.07. The first kappa shape index (κ1) is 27.1. The van der Waals surface area contributed by atoms with E-state index in [0.717, 1.165) is 44.3 Å². The number of fused-ring (bicyclic) bond motifs is 1. The summed E-state index contributed by atoms with van der Waals surface area (Å²) < 4.78 is 28.6. The highest BCUT2D eigenvalue weighted by Gasteiger charge is 2.47. The second kappa shape index (κ2) is 9.92. The van der Waals surface area contributed by atoms with Gasteiger partial charge in [-0.1, -0.05) is 11.6 Å². The number of benzene rings is 1. The molecule has 1 N–H and O–H groups in total. The van der Waals surface area contributed by atoms with Crippen LogP contribution in [0.4, 0.5) is 11.6 Å². The summed E-state index contributed by atoms with van der Waals surface area (Å²) in [6.45, 7) is 12.3. The van der Waals surface area contributed by atoms with E-state index in [1.54, 1.807) is 35.0 Å². The van der Waals surface area contributed by atoms with Crippen LogP contribution in [0, 0.1) is 12.3 Å². The van der Waals surface area contributed by atoms with Gasteiger partial charge in [0.15, 0.2) is 9.84 Å². The highest BCUT2D eigenvalue weighted by molar-refractivity contribution is 7.92. The fourth-order valence-corrected chi connectivity index (χ4v) is 7.95. The lowest BCUT2D eigenvalue weighted by Crippen LogP contribution is -2.60. The summed E-state index contributed by atoms with van der Waals surface area (Å²) in [6, 6.07) is 7.16. The molecular weight excluding hydrogens is 522 g/mol. The van der Waals surface area contributed by atoms with E-state index in [1.165, 1.54) is 0 Å². The molecule has 2 aromatic heterocycles. The predicted molar refractivity (Wildman–Crippen MR) is 152 cm³/mol. The summed E-state index contributed by atoms with van der Waals surface area (Å²) in [6.07, 6.45) is 5.02. The first-order valence-electron chi connectivity index (χ1n) is 13.3. The lowest BCUT2D eigenvalue weighted by Gasteiger charge is -2.55. The van der Waals surface area contributed by atoms with E-state index in [0.29, 0.717) is 39.0 Å². The van der Waals surface area contributed by atoms with E-state index in [9.17, 15) is 13.2 Å². The van der Waals surface area contributed by atoms with Crippen LogP contribution in [-0.2, 0) is 9.84 Å². The molecule has 1 spiro atoms. The number of pyridine rings is 1. The minimum absolute atomic E-state index is 0.126. The molecule has 0 radical (unpaired) electrons. The maximum absolute atomic E-state index is 13.5. The van der Waals surface area contributed by atoms with Gasteiger partial charge in [-0.3, -0.25) is 14.3 Å². The zero-order chi connectivity index (χ0) is 27.4. The predicted octanol–water partition coefficient (Wildman–Crippen LogP) is 5.50. The van der Waals surface area contributed by atoms with Crippen LogP contribution in [0.1, 0.15) is 65.0 Å². The molecule has 3 heterocycles. The molecule has 8 nitrogen and oxygen atoms in total. The maximum Gasteiger partial charge on any atom is 0.271 e. The summed E-state index contributed by atoms with van der Waals surface area (Å²) in [7, 11) is -3.41. The number of anilines is 2. The molecule has 2 aliphatic rings. The SMILES string of the molecule is Cc1cc(S(=O)(=O)C2CCC3(CC2)CN(C(C)C)C3)ccc1Nc1ncc2cc(Cl)c(=O)n(C(C)C)c2n1. The number of sulfone groups is 1. The van der Waals surface area contributed by atoms with Gasteiger partial charge in [0.25, 0.3) is 5.56 Å². The molecular formula is C28H36ClN5O3S. The standard InChI is InChI=1S/C28H36ClN5O3S/c1-17(2)33-15-28(16-33)10-8-21(9-11-28)38(36,37)22-6-7-24(19(5)12-22)31-27-30-14-20-13-23(29)26(35)34(18(3)4)25(20)32-27/h6-7,12-14,17-18,21H,8-11,15-16H2,1-5H3,(H,30,31,32). The number of hydrogen-bond donors (Lipinski definition) is 1. The first-order valence-corrected chi connectivity index (χ1v) is 15.3. The number of aromatic nitrogens is 3. The van der Waals surface area contributed by atoms with Crippen LogP contribution < -0.4 is 10.9 Å². The van der Waals surface area contributed by atoms with Crippen molar-refractivity contribution in [3.05, 3.63) is 51.4 Å².